The third-order valence-electron chi connectivity index (χ3n) is 4.33. The maximum atomic E-state index is 6.17. The lowest BCUT2D eigenvalue weighted by molar-refractivity contribution is 0.412. The molecule has 0 aliphatic rings. The Morgan fingerprint density at radius 2 is 1.81 bits per heavy atom. The summed E-state index contributed by atoms with van der Waals surface area (Å²) in [5.74, 6) is 1.84. The second-order valence-corrected chi connectivity index (χ2v) is 5.96. The van der Waals surface area contributed by atoms with Crippen LogP contribution >= 0.6 is 0 Å². The van der Waals surface area contributed by atoms with Gasteiger partial charge in [0.15, 0.2) is 11.6 Å². The van der Waals surface area contributed by atoms with Crippen molar-refractivity contribution in [2.24, 2.45) is 0 Å². The van der Waals surface area contributed by atoms with Crippen LogP contribution in [0.25, 0.3) is 16.6 Å². The second kappa shape index (κ2) is 6.40. The smallest absolute Gasteiger partial charge is 0.157 e. The van der Waals surface area contributed by atoms with E-state index in [-0.39, 0.29) is 0 Å². The standard InChI is InChI=1S/C20H19N5O/c1-13-7-3-4-8-15(13)23-20-18-14(11-12-22-20)19(21)24-25(18)16-9-5-6-10-17(16)26-2/h3-12H,1-2H3,(H2,21,24)(H,22,23). The largest absolute Gasteiger partial charge is 0.494 e. The molecule has 2 aromatic heterocycles. The number of ether oxygens (including phenoxy) is 1. The first-order valence-electron chi connectivity index (χ1n) is 8.28. The molecule has 0 bridgehead atoms. The summed E-state index contributed by atoms with van der Waals surface area (Å²) in [6.07, 6.45) is 1.73. The van der Waals surface area contributed by atoms with E-state index in [0.717, 1.165) is 27.8 Å². The maximum Gasteiger partial charge on any atom is 0.157 e. The number of aromatic nitrogens is 3. The first kappa shape index (κ1) is 16.0. The van der Waals surface area contributed by atoms with Crippen LogP contribution in [0.1, 0.15) is 5.56 Å². The van der Waals surface area contributed by atoms with Crippen molar-refractivity contribution >= 4 is 28.2 Å². The van der Waals surface area contributed by atoms with Gasteiger partial charge < -0.3 is 15.8 Å². The summed E-state index contributed by atoms with van der Waals surface area (Å²) >= 11 is 0. The summed E-state index contributed by atoms with van der Waals surface area (Å²) in [7, 11) is 1.64. The molecule has 0 aliphatic heterocycles. The van der Waals surface area contributed by atoms with Crippen LogP contribution in [0.4, 0.5) is 17.3 Å². The van der Waals surface area contributed by atoms with Crippen molar-refractivity contribution < 1.29 is 4.74 Å². The lowest BCUT2D eigenvalue weighted by Crippen LogP contribution is -2.03. The van der Waals surface area contributed by atoms with E-state index in [2.05, 4.69) is 15.4 Å². The number of methoxy groups -OCH3 is 1. The van der Waals surface area contributed by atoms with Crippen LogP contribution in [0.3, 0.4) is 0 Å². The predicted molar refractivity (Wildman–Crippen MR) is 104 cm³/mol. The number of nitrogens with zero attached hydrogens (tertiary/aromatic N) is 3. The molecule has 0 spiro atoms. The van der Waals surface area contributed by atoms with Gasteiger partial charge in [0.2, 0.25) is 0 Å². The van der Waals surface area contributed by atoms with Gasteiger partial charge in [0.25, 0.3) is 0 Å². The topological polar surface area (TPSA) is 78.0 Å². The molecule has 0 aliphatic carbocycles. The summed E-state index contributed by atoms with van der Waals surface area (Å²) in [5.41, 5.74) is 9.89. The first-order valence-corrected chi connectivity index (χ1v) is 8.28. The van der Waals surface area contributed by atoms with Crippen molar-refractivity contribution in [3.63, 3.8) is 0 Å². The Balaban J connectivity index is 1.94. The summed E-state index contributed by atoms with van der Waals surface area (Å²) in [5, 5.41) is 8.77. The van der Waals surface area contributed by atoms with Gasteiger partial charge in [0.05, 0.1) is 7.11 Å². The molecule has 0 amide bonds. The Hall–Kier alpha value is -3.54. The van der Waals surface area contributed by atoms with Crippen LogP contribution < -0.4 is 15.8 Å². The molecule has 130 valence electrons. The number of anilines is 3. The lowest BCUT2D eigenvalue weighted by Gasteiger charge is -2.13. The molecule has 2 heterocycles. The van der Waals surface area contributed by atoms with Gasteiger partial charge in [-0.3, -0.25) is 0 Å². The summed E-state index contributed by atoms with van der Waals surface area (Å²) in [4.78, 5) is 4.53. The van der Waals surface area contributed by atoms with Crippen LogP contribution in [0.2, 0.25) is 0 Å². The number of rotatable bonds is 4. The van der Waals surface area contributed by atoms with E-state index in [0.29, 0.717) is 17.4 Å². The van der Waals surface area contributed by atoms with Crippen molar-refractivity contribution in [1.29, 1.82) is 0 Å². The average Bonchev–Trinajstić information content (AvgIpc) is 3.01. The third kappa shape index (κ3) is 2.61. The number of nitrogens with two attached hydrogens (primary N) is 1. The zero-order chi connectivity index (χ0) is 18.1. The van der Waals surface area contributed by atoms with Crippen LogP contribution in [0, 0.1) is 6.92 Å². The summed E-state index contributed by atoms with van der Waals surface area (Å²) in [6, 6.07) is 17.6. The number of pyridine rings is 1. The Morgan fingerprint density at radius 1 is 1.04 bits per heavy atom. The van der Waals surface area contributed by atoms with Crippen molar-refractivity contribution in [3.05, 3.63) is 66.4 Å². The third-order valence-corrected chi connectivity index (χ3v) is 4.33. The molecule has 6 heteroatoms. The van der Waals surface area contributed by atoms with Crippen LogP contribution in [0.5, 0.6) is 5.75 Å². The number of fused-ring (bicyclic) bond motifs is 1. The molecule has 4 aromatic rings. The first-order chi connectivity index (χ1) is 12.7. The molecular weight excluding hydrogens is 326 g/mol. The second-order valence-electron chi connectivity index (χ2n) is 5.96. The van der Waals surface area contributed by atoms with Gasteiger partial charge in [0.1, 0.15) is 17.0 Å². The molecule has 0 radical (unpaired) electrons. The molecule has 26 heavy (non-hydrogen) atoms. The highest BCUT2D eigenvalue weighted by Crippen LogP contribution is 2.33. The summed E-state index contributed by atoms with van der Waals surface area (Å²) in [6.45, 7) is 2.05. The van der Waals surface area contributed by atoms with Crippen LogP contribution in [0.15, 0.2) is 60.8 Å². The number of hydrogen-bond donors (Lipinski definition) is 2. The van der Waals surface area contributed by atoms with E-state index in [1.165, 1.54) is 0 Å². The number of hydrogen-bond acceptors (Lipinski definition) is 5. The fraction of sp³-hybridized carbons (Fsp3) is 0.100. The van der Waals surface area contributed by atoms with Crippen molar-refractivity contribution in [1.82, 2.24) is 14.8 Å². The minimum atomic E-state index is 0.445. The van der Waals surface area contributed by atoms with Crippen molar-refractivity contribution in [3.8, 4) is 11.4 Å². The molecule has 3 N–H and O–H groups in total. The van der Waals surface area contributed by atoms with Crippen LogP contribution in [-0.4, -0.2) is 21.9 Å². The monoisotopic (exact) mass is 345 g/mol. The number of para-hydroxylation sites is 3. The SMILES string of the molecule is COc1ccccc1-n1nc(N)c2ccnc(Nc3ccccc3C)c21. The molecule has 6 nitrogen and oxygen atoms in total. The number of nitrogen functional groups attached to an aromatic ring is 1. The quantitative estimate of drug-likeness (QED) is 0.583. The van der Waals surface area contributed by atoms with E-state index >= 15 is 0 Å². The van der Waals surface area contributed by atoms with Gasteiger partial charge >= 0.3 is 0 Å². The average molecular weight is 345 g/mol. The molecule has 0 unspecified atom stereocenters. The Bertz CT molecular complexity index is 1090. The van der Waals surface area contributed by atoms with Gasteiger partial charge in [-0.05, 0) is 36.8 Å². The minimum Gasteiger partial charge on any atom is -0.494 e. The highest BCUT2D eigenvalue weighted by atomic mass is 16.5. The fourth-order valence-corrected chi connectivity index (χ4v) is 3.00. The molecule has 0 saturated heterocycles. The normalized spacial score (nSPS) is 10.8. The molecule has 2 aromatic carbocycles. The minimum absolute atomic E-state index is 0.445. The van der Waals surface area contributed by atoms with Crippen LogP contribution in [-0.2, 0) is 0 Å². The van der Waals surface area contributed by atoms with Gasteiger partial charge in [-0.2, -0.15) is 0 Å². The fourth-order valence-electron chi connectivity index (χ4n) is 3.00. The molecular formula is C20H19N5O. The van der Waals surface area contributed by atoms with E-state index < -0.39 is 0 Å². The Kier molecular flexibility index (Phi) is 3.93. The molecule has 0 atom stereocenters. The highest BCUT2D eigenvalue weighted by Gasteiger charge is 2.17. The van der Waals surface area contributed by atoms with Gasteiger partial charge in [0, 0.05) is 17.3 Å². The number of benzene rings is 2. The zero-order valence-electron chi connectivity index (χ0n) is 14.6. The van der Waals surface area contributed by atoms with E-state index in [9.17, 15) is 0 Å². The van der Waals surface area contributed by atoms with Gasteiger partial charge in [-0.15, -0.1) is 5.10 Å². The molecule has 0 saturated carbocycles. The van der Waals surface area contributed by atoms with Crippen molar-refractivity contribution in [2.45, 2.75) is 6.92 Å². The maximum absolute atomic E-state index is 6.17. The number of aryl methyl sites for hydroxylation is 1. The summed E-state index contributed by atoms with van der Waals surface area (Å²) < 4.78 is 7.27. The van der Waals surface area contributed by atoms with Crippen molar-refractivity contribution in [2.75, 3.05) is 18.2 Å². The van der Waals surface area contributed by atoms with E-state index in [1.807, 2.05) is 61.5 Å². The predicted octanol–water partition coefficient (Wildman–Crippen LogP) is 4.06. The zero-order valence-corrected chi connectivity index (χ0v) is 14.6. The highest BCUT2D eigenvalue weighted by molar-refractivity contribution is 5.98. The molecule has 4 rings (SSSR count). The lowest BCUT2D eigenvalue weighted by atomic mass is 10.2. The number of nitrogens with one attached hydrogen (secondary N) is 1. The molecule has 0 fully saturated rings. The van der Waals surface area contributed by atoms with E-state index in [4.69, 9.17) is 10.5 Å². The van der Waals surface area contributed by atoms with E-state index in [1.54, 1.807) is 18.0 Å². The van der Waals surface area contributed by atoms with Gasteiger partial charge in [-0.1, -0.05) is 30.3 Å². The van der Waals surface area contributed by atoms with Gasteiger partial charge in [-0.25, -0.2) is 9.67 Å². The Labute approximate surface area is 151 Å². The Morgan fingerprint density at radius 3 is 2.62 bits per heavy atom.